The summed E-state index contributed by atoms with van der Waals surface area (Å²) in [7, 11) is 1.21. The summed E-state index contributed by atoms with van der Waals surface area (Å²) < 4.78 is 4.58. The average Bonchev–Trinajstić information content (AvgIpc) is 2.85. The number of hydrogen-bond donors (Lipinski definition) is 3. The number of amides is 3. The molecule has 0 saturated carbocycles. The Kier molecular flexibility index (Phi) is 5.30. The summed E-state index contributed by atoms with van der Waals surface area (Å²) in [6.07, 6.45) is 0.548. The Bertz CT molecular complexity index is 424. The summed E-state index contributed by atoms with van der Waals surface area (Å²) in [6, 6.07) is -2.88. The van der Waals surface area contributed by atoms with Crippen LogP contribution < -0.4 is 11.1 Å². The first-order chi connectivity index (χ1) is 9.36. The van der Waals surface area contributed by atoms with Gasteiger partial charge in [0.25, 0.3) is 0 Å². The number of primary amides is 1. The number of hydrogen-bond acceptors (Lipinski definition) is 5. The Morgan fingerprint density at radius 3 is 2.60 bits per heavy atom. The van der Waals surface area contributed by atoms with E-state index in [1.165, 1.54) is 12.0 Å². The van der Waals surface area contributed by atoms with Crippen molar-refractivity contribution in [3.63, 3.8) is 0 Å². The molecule has 0 aliphatic carbocycles. The summed E-state index contributed by atoms with van der Waals surface area (Å²) in [5.74, 6) is -2.77. The van der Waals surface area contributed by atoms with Gasteiger partial charge in [-0.2, -0.15) is 0 Å². The molecule has 112 valence electrons. The fourth-order valence-electron chi connectivity index (χ4n) is 2.02. The fourth-order valence-corrected chi connectivity index (χ4v) is 2.02. The first kappa shape index (κ1) is 15.7. The van der Waals surface area contributed by atoms with Gasteiger partial charge < -0.3 is 25.8 Å². The third-order valence-corrected chi connectivity index (χ3v) is 2.99. The number of nitrogens with zero attached hydrogens (tertiary/aromatic N) is 1. The van der Waals surface area contributed by atoms with Gasteiger partial charge in [0.1, 0.15) is 12.1 Å². The fraction of sp³-hybridized carbons (Fsp3) is 0.636. The molecule has 0 aromatic rings. The SMILES string of the molecule is COC(=O)C1CCCN1C(=O)N[C@@H](CC(N)=O)C(=O)O. The third kappa shape index (κ3) is 3.84. The molecular weight excluding hydrogens is 270 g/mol. The second-order valence-electron chi connectivity index (χ2n) is 4.39. The van der Waals surface area contributed by atoms with Gasteiger partial charge >= 0.3 is 18.0 Å². The van der Waals surface area contributed by atoms with Crippen molar-refractivity contribution in [2.24, 2.45) is 5.73 Å². The van der Waals surface area contributed by atoms with E-state index in [4.69, 9.17) is 10.8 Å². The smallest absolute Gasteiger partial charge is 0.328 e. The molecule has 0 radical (unpaired) electrons. The largest absolute Gasteiger partial charge is 0.480 e. The molecule has 1 saturated heterocycles. The molecule has 1 rings (SSSR count). The quantitative estimate of drug-likeness (QED) is 0.535. The number of methoxy groups -OCH3 is 1. The van der Waals surface area contributed by atoms with E-state index >= 15 is 0 Å². The van der Waals surface area contributed by atoms with Crippen molar-refractivity contribution in [3.05, 3.63) is 0 Å². The number of rotatable bonds is 5. The Morgan fingerprint density at radius 2 is 2.10 bits per heavy atom. The van der Waals surface area contributed by atoms with Crippen LogP contribution in [-0.2, 0) is 19.1 Å². The molecule has 0 aromatic carbocycles. The molecule has 9 heteroatoms. The number of ether oxygens (including phenoxy) is 1. The first-order valence-electron chi connectivity index (χ1n) is 6.03. The molecule has 1 unspecified atom stereocenters. The molecule has 9 nitrogen and oxygen atoms in total. The Morgan fingerprint density at radius 1 is 1.45 bits per heavy atom. The number of carboxylic acid groups (broad SMARTS) is 1. The van der Waals surface area contributed by atoms with Crippen molar-refractivity contribution in [3.8, 4) is 0 Å². The summed E-state index contributed by atoms with van der Waals surface area (Å²) in [5.41, 5.74) is 4.92. The highest BCUT2D eigenvalue weighted by molar-refractivity contribution is 5.89. The lowest BCUT2D eigenvalue weighted by Gasteiger charge is -2.24. The van der Waals surface area contributed by atoms with Crippen LogP contribution in [0.4, 0.5) is 4.79 Å². The third-order valence-electron chi connectivity index (χ3n) is 2.99. The minimum absolute atomic E-state index is 0.314. The van der Waals surface area contributed by atoms with Crippen LogP contribution in [-0.4, -0.2) is 59.6 Å². The highest BCUT2D eigenvalue weighted by Crippen LogP contribution is 2.18. The van der Waals surface area contributed by atoms with E-state index in [0.29, 0.717) is 19.4 Å². The Hall–Kier alpha value is -2.32. The number of urea groups is 1. The predicted molar refractivity (Wildman–Crippen MR) is 65.5 cm³/mol. The number of likely N-dealkylation sites (tertiary alicyclic amines) is 1. The highest BCUT2D eigenvalue weighted by Gasteiger charge is 2.36. The van der Waals surface area contributed by atoms with Crippen LogP contribution in [0.5, 0.6) is 0 Å². The molecule has 4 N–H and O–H groups in total. The van der Waals surface area contributed by atoms with Crippen molar-refractivity contribution < 1.29 is 29.0 Å². The van der Waals surface area contributed by atoms with E-state index in [2.05, 4.69) is 10.1 Å². The van der Waals surface area contributed by atoms with Crippen LogP contribution in [0, 0.1) is 0 Å². The minimum atomic E-state index is -1.42. The number of nitrogens with one attached hydrogen (secondary N) is 1. The lowest BCUT2D eigenvalue weighted by molar-refractivity contribution is -0.145. The first-order valence-corrected chi connectivity index (χ1v) is 6.03. The average molecular weight is 287 g/mol. The maximum atomic E-state index is 12.0. The van der Waals surface area contributed by atoms with E-state index in [1.807, 2.05) is 0 Å². The van der Waals surface area contributed by atoms with Gasteiger partial charge in [0, 0.05) is 6.54 Å². The van der Waals surface area contributed by atoms with Gasteiger partial charge in [-0.05, 0) is 12.8 Å². The van der Waals surface area contributed by atoms with Crippen molar-refractivity contribution in [2.75, 3.05) is 13.7 Å². The van der Waals surface area contributed by atoms with Crippen molar-refractivity contribution in [2.45, 2.75) is 31.3 Å². The van der Waals surface area contributed by atoms with Gasteiger partial charge in [-0.1, -0.05) is 0 Å². The van der Waals surface area contributed by atoms with Crippen LogP contribution in [0.1, 0.15) is 19.3 Å². The van der Waals surface area contributed by atoms with Gasteiger partial charge in [0.05, 0.1) is 13.5 Å². The van der Waals surface area contributed by atoms with Crippen LogP contribution in [0.25, 0.3) is 0 Å². The van der Waals surface area contributed by atoms with Crippen LogP contribution in [0.15, 0.2) is 0 Å². The molecule has 1 heterocycles. The molecule has 3 amide bonds. The van der Waals surface area contributed by atoms with Crippen LogP contribution in [0.2, 0.25) is 0 Å². The minimum Gasteiger partial charge on any atom is -0.480 e. The molecular formula is C11H17N3O6. The molecule has 1 aliphatic heterocycles. The van der Waals surface area contributed by atoms with Gasteiger partial charge in [-0.15, -0.1) is 0 Å². The van der Waals surface area contributed by atoms with E-state index in [9.17, 15) is 19.2 Å². The molecule has 2 atom stereocenters. The second-order valence-corrected chi connectivity index (χ2v) is 4.39. The van der Waals surface area contributed by atoms with Gasteiger partial charge in [0.2, 0.25) is 5.91 Å². The maximum absolute atomic E-state index is 12.0. The molecule has 1 fully saturated rings. The zero-order chi connectivity index (χ0) is 15.3. The summed E-state index contributed by atoms with van der Waals surface area (Å²) in [6.45, 7) is 0.314. The molecule has 0 aromatic heterocycles. The lowest BCUT2D eigenvalue weighted by atomic mass is 10.2. The van der Waals surface area contributed by atoms with Crippen LogP contribution in [0.3, 0.4) is 0 Å². The molecule has 1 aliphatic rings. The summed E-state index contributed by atoms with van der Waals surface area (Å²) >= 11 is 0. The standard InChI is InChI=1S/C11H17N3O6/c1-20-10(18)7-3-2-4-14(7)11(19)13-6(9(16)17)5-8(12)15/h6-7H,2-5H2,1H3,(H2,12,15)(H,13,19)(H,16,17)/t6-,7?/m0/s1. The van der Waals surface area contributed by atoms with Crippen molar-refractivity contribution >= 4 is 23.9 Å². The molecule has 0 spiro atoms. The topological polar surface area (TPSA) is 139 Å². The molecule has 20 heavy (non-hydrogen) atoms. The number of nitrogens with two attached hydrogens (primary N) is 1. The number of aliphatic carboxylic acids is 1. The normalized spacial score (nSPS) is 19.2. The van der Waals surface area contributed by atoms with E-state index < -0.39 is 42.4 Å². The Balaban J connectivity index is 2.70. The number of carbonyl (C=O) groups is 4. The Labute approximate surface area is 115 Å². The highest BCUT2D eigenvalue weighted by atomic mass is 16.5. The number of carboxylic acids is 1. The molecule has 0 bridgehead atoms. The number of carbonyl (C=O) groups excluding carboxylic acids is 3. The second kappa shape index (κ2) is 6.73. The summed E-state index contributed by atoms with van der Waals surface area (Å²) in [4.78, 5) is 46.3. The van der Waals surface area contributed by atoms with Gasteiger partial charge in [-0.3, -0.25) is 4.79 Å². The van der Waals surface area contributed by atoms with E-state index in [0.717, 1.165) is 0 Å². The van der Waals surface area contributed by atoms with Crippen molar-refractivity contribution in [1.29, 1.82) is 0 Å². The van der Waals surface area contributed by atoms with Gasteiger partial charge in [0.15, 0.2) is 0 Å². The van der Waals surface area contributed by atoms with Gasteiger partial charge in [-0.25, -0.2) is 14.4 Å². The maximum Gasteiger partial charge on any atom is 0.328 e. The summed E-state index contributed by atoms with van der Waals surface area (Å²) in [5, 5.41) is 11.1. The monoisotopic (exact) mass is 287 g/mol. The zero-order valence-electron chi connectivity index (χ0n) is 11.0. The zero-order valence-corrected chi connectivity index (χ0v) is 11.0. The lowest BCUT2D eigenvalue weighted by Crippen LogP contribution is -2.52. The van der Waals surface area contributed by atoms with E-state index in [1.54, 1.807) is 0 Å². The number of esters is 1. The van der Waals surface area contributed by atoms with E-state index in [-0.39, 0.29) is 0 Å². The van der Waals surface area contributed by atoms with Crippen LogP contribution >= 0.6 is 0 Å². The predicted octanol–water partition coefficient (Wildman–Crippen LogP) is -1.34. The van der Waals surface area contributed by atoms with Crippen molar-refractivity contribution in [1.82, 2.24) is 10.2 Å².